The molecule has 0 bridgehead atoms. The predicted octanol–water partition coefficient (Wildman–Crippen LogP) is 2.58. The van der Waals surface area contributed by atoms with Gasteiger partial charge in [0.15, 0.2) is 0 Å². The second kappa shape index (κ2) is 6.44. The van der Waals surface area contributed by atoms with E-state index in [9.17, 15) is 4.79 Å². The largest absolute Gasteiger partial charge is 0.392 e. The lowest BCUT2D eigenvalue weighted by Crippen LogP contribution is -2.53. The van der Waals surface area contributed by atoms with E-state index in [2.05, 4.69) is 6.92 Å². The van der Waals surface area contributed by atoms with Gasteiger partial charge in [-0.15, -0.1) is 0 Å². The molecule has 0 spiro atoms. The summed E-state index contributed by atoms with van der Waals surface area (Å²) in [5, 5.41) is 0.520. The van der Waals surface area contributed by atoms with Crippen molar-refractivity contribution in [3.05, 3.63) is 0 Å². The van der Waals surface area contributed by atoms with Gasteiger partial charge in [-0.3, -0.25) is 4.79 Å². The number of carbonyl (C=O) groups is 1. The molecule has 2 rings (SSSR count). The first-order valence-electron chi connectivity index (χ1n) is 7.27. The predicted molar refractivity (Wildman–Crippen MR) is 85.4 cm³/mol. The Morgan fingerprint density at radius 2 is 1.95 bits per heavy atom. The van der Waals surface area contributed by atoms with Gasteiger partial charge in [-0.05, 0) is 12.8 Å². The van der Waals surface area contributed by atoms with Crippen LogP contribution in [0.2, 0.25) is 0 Å². The Hall–Kier alpha value is -0.290. The van der Waals surface area contributed by atoms with Gasteiger partial charge in [0.2, 0.25) is 5.91 Å². The molecule has 0 radical (unpaired) electrons. The topological polar surface area (TPSA) is 46.3 Å². The van der Waals surface area contributed by atoms with Crippen molar-refractivity contribution >= 4 is 34.9 Å². The van der Waals surface area contributed by atoms with Crippen LogP contribution in [0.15, 0.2) is 0 Å². The smallest absolute Gasteiger partial charge is 0.235 e. The van der Waals surface area contributed by atoms with E-state index in [1.165, 1.54) is 12.8 Å². The van der Waals surface area contributed by atoms with E-state index < -0.39 is 5.41 Å². The molecule has 1 heterocycles. The fraction of sp³-hybridized carbons (Fsp3) is 0.857. The van der Waals surface area contributed by atoms with Gasteiger partial charge in [-0.25, -0.2) is 0 Å². The summed E-state index contributed by atoms with van der Waals surface area (Å²) in [6.07, 6.45) is 6.23. The number of nitrogens with two attached hydrogens (primary N) is 1. The summed E-state index contributed by atoms with van der Waals surface area (Å²) in [4.78, 5) is 15.4. The average Bonchev–Trinajstić information content (AvgIpc) is 2.64. The minimum absolute atomic E-state index is 0.203. The van der Waals surface area contributed by atoms with Gasteiger partial charge in [0.25, 0.3) is 0 Å². The molecule has 1 amide bonds. The third-order valence-electron chi connectivity index (χ3n) is 4.37. The summed E-state index contributed by atoms with van der Waals surface area (Å²) in [5.74, 6) is 1.23. The summed E-state index contributed by atoms with van der Waals surface area (Å²) in [7, 11) is 0. The van der Waals surface area contributed by atoms with Crippen molar-refractivity contribution in [3.8, 4) is 0 Å². The van der Waals surface area contributed by atoms with Crippen molar-refractivity contribution in [1.82, 2.24) is 4.90 Å². The number of thioether (sulfide) groups is 1. The van der Waals surface area contributed by atoms with E-state index in [1.54, 1.807) is 0 Å². The first-order chi connectivity index (χ1) is 9.06. The second-order valence-electron chi connectivity index (χ2n) is 5.79. The number of thiocarbonyl (C=S) groups is 1. The van der Waals surface area contributed by atoms with Crippen molar-refractivity contribution in [1.29, 1.82) is 0 Å². The Labute approximate surface area is 125 Å². The molecule has 1 saturated carbocycles. The van der Waals surface area contributed by atoms with E-state index in [1.807, 2.05) is 16.7 Å². The lowest BCUT2D eigenvalue weighted by molar-refractivity contribution is -0.138. The van der Waals surface area contributed by atoms with Crippen molar-refractivity contribution < 1.29 is 4.79 Å². The van der Waals surface area contributed by atoms with Crippen LogP contribution in [0, 0.1) is 5.41 Å². The maximum absolute atomic E-state index is 13.0. The Morgan fingerprint density at radius 3 is 2.47 bits per heavy atom. The van der Waals surface area contributed by atoms with Crippen LogP contribution in [0.3, 0.4) is 0 Å². The summed E-state index contributed by atoms with van der Waals surface area (Å²) in [6, 6.07) is 0. The molecule has 1 saturated heterocycles. The number of carbonyl (C=O) groups excluding carboxylic acids is 1. The molecule has 108 valence electrons. The molecule has 5 heteroatoms. The molecule has 2 N–H and O–H groups in total. The Bertz CT molecular complexity index is 351. The van der Waals surface area contributed by atoms with Crippen LogP contribution in [0.1, 0.15) is 45.4 Å². The molecule has 1 unspecified atom stereocenters. The fourth-order valence-electron chi connectivity index (χ4n) is 3.20. The Balaban J connectivity index is 2.17. The molecule has 0 aromatic heterocycles. The summed E-state index contributed by atoms with van der Waals surface area (Å²) in [6.45, 7) is 3.87. The molecule has 2 aliphatic rings. The second-order valence-corrected chi connectivity index (χ2v) is 7.78. The quantitative estimate of drug-likeness (QED) is 0.629. The Morgan fingerprint density at radius 1 is 1.32 bits per heavy atom. The zero-order chi connectivity index (χ0) is 13.9. The first-order valence-corrected chi connectivity index (χ1v) is 8.73. The van der Waals surface area contributed by atoms with Crippen LogP contribution in [-0.4, -0.2) is 39.9 Å². The molecular formula is C14H24N2OS2. The number of amides is 1. The van der Waals surface area contributed by atoms with Gasteiger partial charge in [0, 0.05) is 24.1 Å². The van der Waals surface area contributed by atoms with Gasteiger partial charge < -0.3 is 10.6 Å². The third kappa shape index (κ3) is 3.24. The first kappa shape index (κ1) is 15.1. The van der Waals surface area contributed by atoms with Crippen LogP contribution in [0.25, 0.3) is 0 Å². The van der Waals surface area contributed by atoms with Gasteiger partial charge in [-0.1, -0.05) is 44.8 Å². The average molecular weight is 300 g/mol. The summed E-state index contributed by atoms with van der Waals surface area (Å²) >= 11 is 7.23. The number of rotatable bonds is 2. The maximum Gasteiger partial charge on any atom is 0.235 e. The molecule has 1 atom stereocenters. The van der Waals surface area contributed by atoms with Gasteiger partial charge in [0.1, 0.15) is 0 Å². The van der Waals surface area contributed by atoms with Crippen molar-refractivity contribution in [2.75, 3.05) is 18.8 Å². The van der Waals surface area contributed by atoms with Crippen LogP contribution >= 0.6 is 24.0 Å². The summed E-state index contributed by atoms with van der Waals surface area (Å²) < 4.78 is 0. The number of hydrogen-bond acceptors (Lipinski definition) is 3. The highest BCUT2D eigenvalue weighted by Crippen LogP contribution is 2.38. The lowest BCUT2D eigenvalue weighted by Gasteiger charge is -2.39. The lowest BCUT2D eigenvalue weighted by atomic mass is 9.78. The maximum atomic E-state index is 13.0. The van der Waals surface area contributed by atoms with Gasteiger partial charge in [0.05, 0.1) is 10.4 Å². The highest BCUT2D eigenvalue weighted by molar-refractivity contribution is 7.99. The minimum Gasteiger partial charge on any atom is -0.392 e. The third-order valence-corrected chi connectivity index (χ3v) is 5.89. The van der Waals surface area contributed by atoms with Crippen LogP contribution in [-0.2, 0) is 4.79 Å². The van der Waals surface area contributed by atoms with E-state index in [0.717, 1.165) is 44.5 Å². The van der Waals surface area contributed by atoms with Crippen molar-refractivity contribution in [2.24, 2.45) is 11.1 Å². The number of hydrogen-bond donors (Lipinski definition) is 1. The van der Waals surface area contributed by atoms with E-state index in [0.29, 0.717) is 10.2 Å². The molecule has 3 nitrogen and oxygen atoms in total. The van der Waals surface area contributed by atoms with E-state index in [-0.39, 0.29) is 5.91 Å². The summed E-state index contributed by atoms with van der Waals surface area (Å²) in [5.41, 5.74) is 5.44. The molecular weight excluding hydrogens is 276 g/mol. The molecule has 0 aromatic carbocycles. The van der Waals surface area contributed by atoms with E-state index in [4.69, 9.17) is 18.0 Å². The van der Waals surface area contributed by atoms with Crippen LogP contribution in [0.5, 0.6) is 0 Å². The highest BCUT2D eigenvalue weighted by Gasteiger charge is 2.44. The van der Waals surface area contributed by atoms with Gasteiger partial charge in [-0.2, -0.15) is 11.8 Å². The van der Waals surface area contributed by atoms with E-state index >= 15 is 0 Å². The zero-order valence-electron chi connectivity index (χ0n) is 11.7. The van der Waals surface area contributed by atoms with Gasteiger partial charge >= 0.3 is 0 Å². The fourth-order valence-corrected chi connectivity index (χ4v) is 4.51. The van der Waals surface area contributed by atoms with Crippen molar-refractivity contribution in [2.45, 2.75) is 50.7 Å². The molecule has 2 fully saturated rings. The number of nitrogens with zero attached hydrogens (tertiary/aromatic N) is 1. The standard InChI is InChI=1S/C14H24N2OS2/c1-11-10-16(8-9-19-11)13(17)14(12(15)18)6-4-2-3-5-7-14/h11H,2-10H2,1H3,(H2,15,18). The SMILES string of the molecule is CC1CN(C(=O)C2(C(N)=S)CCCCCC2)CCS1. The molecule has 1 aliphatic heterocycles. The van der Waals surface area contributed by atoms with Crippen LogP contribution in [0.4, 0.5) is 0 Å². The molecule has 19 heavy (non-hydrogen) atoms. The molecule has 1 aliphatic carbocycles. The zero-order valence-corrected chi connectivity index (χ0v) is 13.3. The van der Waals surface area contributed by atoms with Crippen molar-refractivity contribution in [3.63, 3.8) is 0 Å². The molecule has 0 aromatic rings. The van der Waals surface area contributed by atoms with Crippen LogP contribution < -0.4 is 5.73 Å². The minimum atomic E-state index is -0.548. The Kier molecular flexibility index (Phi) is 5.12. The normalized spacial score (nSPS) is 27.6. The monoisotopic (exact) mass is 300 g/mol. The highest BCUT2D eigenvalue weighted by atomic mass is 32.2.